The topological polar surface area (TPSA) is 65.4 Å². The number of nitrogens with zero attached hydrogens (tertiary/aromatic N) is 2. The molecule has 0 unspecified atom stereocenters. The number of hydrogen-bond donors (Lipinski definition) is 1. The lowest BCUT2D eigenvalue weighted by atomic mass is 10.1. The average molecular weight is 442 g/mol. The molecule has 0 bridgehead atoms. The molecule has 6 heteroatoms. The number of carbonyl (C=O) groups is 1. The van der Waals surface area contributed by atoms with Crippen molar-refractivity contribution < 1.29 is 14.3 Å². The van der Waals surface area contributed by atoms with Crippen molar-refractivity contribution in [3.63, 3.8) is 0 Å². The fraction of sp³-hybridized carbons (Fsp3) is 0.185. The van der Waals surface area contributed by atoms with Gasteiger partial charge < -0.3 is 14.8 Å². The first kappa shape index (κ1) is 22.1. The Labute approximate surface area is 193 Å². The van der Waals surface area contributed by atoms with Gasteiger partial charge >= 0.3 is 0 Å². The van der Waals surface area contributed by atoms with E-state index in [0.717, 1.165) is 28.3 Å². The van der Waals surface area contributed by atoms with Crippen molar-refractivity contribution in [3.05, 3.63) is 107 Å². The van der Waals surface area contributed by atoms with Gasteiger partial charge in [-0.1, -0.05) is 42.5 Å². The Kier molecular flexibility index (Phi) is 7.05. The molecular formula is C27H27N3O3. The van der Waals surface area contributed by atoms with E-state index in [1.807, 2.05) is 85.3 Å². The van der Waals surface area contributed by atoms with E-state index in [4.69, 9.17) is 9.47 Å². The maximum absolute atomic E-state index is 12.8. The molecule has 1 amide bonds. The Balaban J connectivity index is 1.37. The second-order valence-electron chi connectivity index (χ2n) is 7.66. The third kappa shape index (κ3) is 6.01. The summed E-state index contributed by atoms with van der Waals surface area (Å²) in [5.74, 6) is 1.88. The monoisotopic (exact) mass is 441 g/mol. The van der Waals surface area contributed by atoms with Gasteiger partial charge in [0.2, 0.25) is 0 Å². The lowest BCUT2D eigenvalue weighted by Gasteiger charge is -2.09. The van der Waals surface area contributed by atoms with Crippen LogP contribution in [0.5, 0.6) is 11.5 Å². The van der Waals surface area contributed by atoms with Crippen LogP contribution in [0, 0.1) is 6.92 Å². The summed E-state index contributed by atoms with van der Waals surface area (Å²) in [4.78, 5) is 12.8. The van der Waals surface area contributed by atoms with Gasteiger partial charge in [0.25, 0.3) is 5.91 Å². The van der Waals surface area contributed by atoms with Gasteiger partial charge in [0.05, 0.1) is 13.2 Å². The van der Waals surface area contributed by atoms with E-state index in [1.54, 1.807) is 6.07 Å². The first-order valence-corrected chi connectivity index (χ1v) is 10.9. The molecule has 0 spiro atoms. The predicted octanol–water partition coefficient (Wildman–Crippen LogP) is 5.47. The zero-order valence-corrected chi connectivity index (χ0v) is 18.8. The average Bonchev–Trinajstić information content (AvgIpc) is 3.18. The summed E-state index contributed by atoms with van der Waals surface area (Å²) in [5.41, 5.74) is 3.59. The summed E-state index contributed by atoms with van der Waals surface area (Å²) in [6.45, 7) is 5.57. The number of carbonyl (C=O) groups excluding carboxylic acids is 1. The van der Waals surface area contributed by atoms with Crippen LogP contribution in [0.25, 0.3) is 0 Å². The molecule has 168 valence electrons. The summed E-state index contributed by atoms with van der Waals surface area (Å²) in [6, 6.07) is 26.9. The van der Waals surface area contributed by atoms with Crippen molar-refractivity contribution in [3.8, 4) is 11.5 Å². The number of aryl methyl sites for hydroxylation is 1. The Morgan fingerprint density at radius 1 is 0.879 bits per heavy atom. The number of ether oxygens (including phenoxy) is 2. The zero-order valence-electron chi connectivity index (χ0n) is 18.8. The summed E-state index contributed by atoms with van der Waals surface area (Å²) in [5, 5.41) is 7.44. The molecule has 1 N–H and O–H groups in total. The van der Waals surface area contributed by atoms with Gasteiger partial charge in [-0.15, -0.1) is 0 Å². The molecule has 0 radical (unpaired) electrons. The number of anilines is 1. The molecule has 1 aromatic heterocycles. The third-order valence-corrected chi connectivity index (χ3v) is 5.13. The first-order chi connectivity index (χ1) is 16.1. The summed E-state index contributed by atoms with van der Waals surface area (Å²) in [6.07, 6.45) is 0. The number of hydrogen-bond acceptors (Lipinski definition) is 4. The van der Waals surface area contributed by atoms with Gasteiger partial charge in [0, 0.05) is 17.3 Å². The number of nitrogens with one attached hydrogen (secondary N) is 1. The van der Waals surface area contributed by atoms with Gasteiger partial charge in [0.1, 0.15) is 18.1 Å². The van der Waals surface area contributed by atoms with Crippen LogP contribution in [0.2, 0.25) is 0 Å². The number of aromatic nitrogens is 2. The fourth-order valence-corrected chi connectivity index (χ4v) is 3.44. The molecule has 0 aliphatic carbocycles. The highest BCUT2D eigenvalue weighted by Crippen LogP contribution is 2.19. The molecule has 3 aromatic carbocycles. The van der Waals surface area contributed by atoms with Crippen LogP contribution in [0.1, 0.15) is 34.1 Å². The molecule has 0 aliphatic heterocycles. The highest BCUT2D eigenvalue weighted by molar-refractivity contribution is 6.03. The van der Waals surface area contributed by atoms with Crippen LogP contribution in [0.4, 0.5) is 5.82 Å². The fourth-order valence-electron chi connectivity index (χ4n) is 3.44. The molecule has 0 saturated carbocycles. The predicted molar refractivity (Wildman–Crippen MR) is 129 cm³/mol. The van der Waals surface area contributed by atoms with Gasteiger partial charge in [-0.2, -0.15) is 5.10 Å². The molecule has 0 fully saturated rings. The normalized spacial score (nSPS) is 10.6. The second kappa shape index (κ2) is 10.5. The minimum atomic E-state index is -0.206. The molecule has 6 nitrogen and oxygen atoms in total. The Hall–Kier alpha value is -4.06. The highest BCUT2D eigenvalue weighted by Gasteiger charge is 2.11. The highest BCUT2D eigenvalue weighted by atomic mass is 16.5. The summed E-state index contributed by atoms with van der Waals surface area (Å²) < 4.78 is 13.2. The Morgan fingerprint density at radius 2 is 1.58 bits per heavy atom. The van der Waals surface area contributed by atoms with Gasteiger partial charge in [0.15, 0.2) is 5.82 Å². The van der Waals surface area contributed by atoms with E-state index in [1.165, 1.54) is 0 Å². The Morgan fingerprint density at radius 3 is 2.30 bits per heavy atom. The first-order valence-electron chi connectivity index (χ1n) is 10.9. The molecule has 4 aromatic rings. The molecule has 1 heterocycles. The van der Waals surface area contributed by atoms with E-state index in [9.17, 15) is 4.79 Å². The number of rotatable bonds is 9. The van der Waals surface area contributed by atoms with Crippen LogP contribution < -0.4 is 14.8 Å². The zero-order chi connectivity index (χ0) is 23.0. The van der Waals surface area contributed by atoms with Crippen molar-refractivity contribution in [2.24, 2.45) is 0 Å². The maximum atomic E-state index is 12.8. The lowest BCUT2D eigenvalue weighted by Crippen LogP contribution is -2.13. The van der Waals surface area contributed by atoms with Crippen LogP contribution in [-0.2, 0) is 13.2 Å². The minimum absolute atomic E-state index is 0.206. The third-order valence-electron chi connectivity index (χ3n) is 5.13. The molecule has 0 atom stereocenters. The van der Waals surface area contributed by atoms with Crippen LogP contribution >= 0.6 is 0 Å². The molecule has 33 heavy (non-hydrogen) atoms. The number of amides is 1. The Bertz CT molecular complexity index is 1200. The smallest absolute Gasteiger partial charge is 0.256 e. The molecule has 4 rings (SSSR count). The van der Waals surface area contributed by atoms with E-state index in [2.05, 4.69) is 22.5 Å². The van der Waals surface area contributed by atoms with E-state index in [0.29, 0.717) is 31.1 Å². The van der Waals surface area contributed by atoms with Crippen LogP contribution in [0.15, 0.2) is 84.9 Å². The summed E-state index contributed by atoms with van der Waals surface area (Å²) in [7, 11) is 0. The van der Waals surface area contributed by atoms with Gasteiger partial charge in [-0.05, 0) is 61.4 Å². The lowest BCUT2D eigenvalue weighted by molar-refractivity contribution is 0.102. The maximum Gasteiger partial charge on any atom is 0.256 e. The second-order valence-corrected chi connectivity index (χ2v) is 7.66. The molecular weight excluding hydrogens is 414 g/mol. The minimum Gasteiger partial charge on any atom is -0.494 e. The van der Waals surface area contributed by atoms with Crippen LogP contribution in [-0.4, -0.2) is 22.3 Å². The summed E-state index contributed by atoms with van der Waals surface area (Å²) >= 11 is 0. The van der Waals surface area contributed by atoms with Crippen molar-refractivity contribution in [1.82, 2.24) is 9.78 Å². The number of benzene rings is 3. The standard InChI is InChI=1S/C27H27N3O3/c1-3-32-24-12-14-25(15-13-24)33-19-22-10-7-11-23(17-22)27(31)28-26-16-20(2)30(29-26)18-21-8-5-4-6-9-21/h4-17H,3,18-19H2,1-2H3,(H,28,29,31). The largest absolute Gasteiger partial charge is 0.494 e. The molecule has 0 aliphatic rings. The van der Waals surface area contributed by atoms with E-state index in [-0.39, 0.29) is 5.91 Å². The van der Waals surface area contributed by atoms with E-state index < -0.39 is 0 Å². The van der Waals surface area contributed by atoms with Gasteiger partial charge in [-0.25, -0.2) is 0 Å². The van der Waals surface area contributed by atoms with Crippen molar-refractivity contribution in [2.45, 2.75) is 27.0 Å². The molecule has 0 saturated heterocycles. The van der Waals surface area contributed by atoms with Crippen molar-refractivity contribution >= 4 is 11.7 Å². The van der Waals surface area contributed by atoms with Gasteiger partial charge in [-0.3, -0.25) is 9.48 Å². The van der Waals surface area contributed by atoms with E-state index >= 15 is 0 Å². The van der Waals surface area contributed by atoms with Crippen molar-refractivity contribution in [2.75, 3.05) is 11.9 Å². The SMILES string of the molecule is CCOc1ccc(OCc2cccc(C(=O)Nc3cc(C)n(Cc4ccccc4)n3)c2)cc1. The quantitative estimate of drug-likeness (QED) is 0.374. The van der Waals surface area contributed by atoms with Crippen molar-refractivity contribution in [1.29, 1.82) is 0 Å². The van der Waals surface area contributed by atoms with Crippen LogP contribution in [0.3, 0.4) is 0 Å².